The van der Waals surface area contributed by atoms with E-state index in [2.05, 4.69) is 63.6 Å². The smallest absolute Gasteiger partial charge is 0.270 e. The van der Waals surface area contributed by atoms with E-state index in [1.807, 2.05) is 51.1 Å². The van der Waals surface area contributed by atoms with E-state index in [1.54, 1.807) is 6.20 Å². The molecule has 0 aliphatic carbocycles. The van der Waals surface area contributed by atoms with Gasteiger partial charge in [0, 0.05) is 17.3 Å². The Labute approximate surface area is 189 Å². The second-order valence-electron chi connectivity index (χ2n) is 10.4. The van der Waals surface area contributed by atoms with Gasteiger partial charge in [-0.05, 0) is 55.6 Å². The van der Waals surface area contributed by atoms with Gasteiger partial charge in [0.05, 0.1) is 19.5 Å². The summed E-state index contributed by atoms with van der Waals surface area (Å²) >= 11 is 0. The monoisotopic (exact) mass is 437 g/mol. The van der Waals surface area contributed by atoms with Crippen LogP contribution in [0, 0.1) is 0 Å². The van der Waals surface area contributed by atoms with Gasteiger partial charge in [-0.25, -0.2) is 4.98 Å². The number of pyridine rings is 2. The van der Waals surface area contributed by atoms with Crippen LogP contribution in [0.1, 0.15) is 78.4 Å². The zero-order valence-corrected chi connectivity index (χ0v) is 21.7. The maximum absolute atomic E-state index is 12.7. The van der Waals surface area contributed by atoms with Crippen LogP contribution >= 0.6 is 0 Å². The molecule has 2 heterocycles. The predicted octanol–water partition coefficient (Wildman–Crippen LogP) is 6.90. The van der Waals surface area contributed by atoms with Crippen LogP contribution in [0.5, 0.6) is 0 Å². The minimum Gasteiger partial charge on any atom is -0.346 e. The van der Waals surface area contributed by atoms with Crippen LogP contribution in [0.25, 0.3) is 17.5 Å². The Balaban J connectivity index is 2.59. The summed E-state index contributed by atoms with van der Waals surface area (Å²) in [6.07, 6.45) is 4.00. The topological polar surface area (TPSA) is 54.9 Å². The summed E-state index contributed by atoms with van der Waals surface area (Å²) in [5, 5.41) is 3.00. The molecule has 2 rings (SSSR count). The first kappa shape index (κ1) is 25.0. The molecule has 0 bridgehead atoms. The lowest BCUT2D eigenvalue weighted by Gasteiger charge is -2.40. The van der Waals surface area contributed by atoms with Crippen molar-refractivity contribution in [2.75, 3.05) is 0 Å². The number of aromatic nitrogens is 2. The molecule has 0 spiro atoms. The van der Waals surface area contributed by atoms with Crippen molar-refractivity contribution < 1.29 is 4.79 Å². The molecule has 0 aliphatic rings. The zero-order chi connectivity index (χ0) is 23.4. The van der Waals surface area contributed by atoms with Crippen molar-refractivity contribution in [1.29, 1.82) is 0 Å². The normalized spacial score (nSPS) is 12.9. The third kappa shape index (κ3) is 5.91. The molecule has 31 heavy (non-hydrogen) atoms. The Morgan fingerprint density at radius 3 is 2.06 bits per heavy atom. The fourth-order valence-electron chi connectivity index (χ4n) is 4.65. The number of hydrogen-bond acceptors (Lipinski definition) is 3. The van der Waals surface area contributed by atoms with Crippen molar-refractivity contribution in [2.24, 2.45) is 0 Å². The second-order valence-corrected chi connectivity index (χ2v) is 16.1. The number of carbonyl (C=O) groups excluding carboxylic acids is 1. The van der Waals surface area contributed by atoms with Crippen LogP contribution < -0.4 is 5.32 Å². The number of amides is 1. The van der Waals surface area contributed by atoms with Gasteiger partial charge in [-0.3, -0.25) is 9.78 Å². The largest absolute Gasteiger partial charge is 0.346 e. The fraction of sp³-hybridized carbons (Fsp3) is 0.500. The standard InChI is InChI=1S/C26H39N3OSi/c1-18(2)31(19(3)4,20(5)6)17-15-21-13-14-23(25(30)29-26(7,8)9)28-24(21)22-12-10-11-16-27-22/h10-20H,1-9H3,(H,29,30)/b17-15+. The van der Waals surface area contributed by atoms with E-state index >= 15 is 0 Å². The van der Waals surface area contributed by atoms with Crippen LogP contribution in [0.15, 0.2) is 42.2 Å². The van der Waals surface area contributed by atoms with E-state index in [0.29, 0.717) is 22.3 Å². The molecule has 0 fully saturated rings. The average molecular weight is 438 g/mol. The number of nitrogens with zero attached hydrogens (tertiary/aromatic N) is 2. The van der Waals surface area contributed by atoms with Gasteiger partial charge < -0.3 is 5.32 Å². The molecule has 2 aromatic heterocycles. The molecule has 0 aromatic carbocycles. The maximum Gasteiger partial charge on any atom is 0.270 e. The van der Waals surface area contributed by atoms with Gasteiger partial charge in [-0.1, -0.05) is 65.5 Å². The quantitative estimate of drug-likeness (QED) is 0.479. The molecular weight excluding hydrogens is 398 g/mol. The fourth-order valence-corrected chi connectivity index (χ4v) is 10.3. The van der Waals surface area contributed by atoms with E-state index in [0.717, 1.165) is 17.0 Å². The summed E-state index contributed by atoms with van der Waals surface area (Å²) in [6, 6.07) is 9.61. The second kappa shape index (κ2) is 9.90. The Bertz CT molecular complexity index is 890. The van der Waals surface area contributed by atoms with Crippen LogP contribution in [0.3, 0.4) is 0 Å². The lowest BCUT2D eigenvalue weighted by Crippen LogP contribution is -2.42. The number of hydrogen-bond donors (Lipinski definition) is 1. The molecule has 4 nitrogen and oxygen atoms in total. The average Bonchev–Trinajstić information content (AvgIpc) is 2.67. The van der Waals surface area contributed by atoms with Crippen LogP contribution in [0.4, 0.5) is 0 Å². The van der Waals surface area contributed by atoms with Gasteiger partial charge in [0.15, 0.2) is 0 Å². The molecule has 0 aliphatic heterocycles. The zero-order valence-electron chi connectivity index (χ0n) is 20.7. The molecule has 168 valence electrons. The Morgan fingerprint density at radius 1 is 0.968 bits per heavy atom. The molecule has 0 saturated heterocycles. The van der Waals surface area contributed by atoms with Crippen molar-refractivity contribution in [3.8, 4) is 11.4 Å². The molecule has 1 N–H and O–H groups in total. The Hall–Kier alpha value is -2.27. The highest BCUT2D eigenvalue weighted by atomic mass is 28.3. The summed E-state index contributed by atoms with van der Waals surface area (Å²) in [7, 11) is -1.71. The minimum absolute atomic E-state index is 0.171. The van der Waals surface area contributed by atoms with Crippen molar-refractivity contribution >= 4 is 20.1 Å². The van der Waals surface area contributed by atoms with Gasteiger partial charge in [0.2, 0.25) is 0 Å². The molecule has 0 unspecified atom stereocenters. The highest BCUT2D eigenvalue weighted by Crippen LogP contribution is 2.43. The molecule has 5 heteroatoms. The van der Waals surface area contributed by atoms with E-state index in [1.165, 1.54) is 0 Å². The molecule has 0 radical (unpaired) electrons. The molecule has 0 atom stereocenters. The third-order valence-corrected chi connectivity index (χ3v) is 12.9. The van der Waals surface area contributed by atoms with Gasteiger partial charge >= 0.3 is 0 Å². The highest BCUT2D eigenvalue weighted by Gasteiger charge is 2.40. The van der Waals surface area contributed by atoms with Gasteiger partial charge in [-0.15, -0.1) is 0 Å². The molecule has 1 amide bonds. The summed E-state index contributed by atoms with van der Waals surface area (Å²) in [5.41, 5.74) is 7.00. The SMILES string of the molecule is CC(C)[Si](/C=C/c1ccc(C(=O)NC(C)(C)C)nc1-c1ccccn1)(C(C)C)C(C)C. The van der Waals surface area contributed by atoms with Crippen LogP contribution in [0.2, 0.25) is 16.6 Å². The van der Waals surface area contributed by atoms with E-state index in [9.17, 15) is 4.79 Å². The first-order chi connectivity index (χ1) is 14.4. The third-order valence-electron chi connectivity index (χ3n) is 6.11. The number of nitrogens with one attached hydrogen (secondary N) is 1. The number of rotatable bonds is 7. The van der Waals surface area contributed by atoms with Gasteiger partial charge in [0.25, 0.3) is 5.91 Å². The lowest BCUT2D eigenvalue weighted by atomic mass is 10.1. The Morgan fingerprint density at radius 2 is 1.58 bits per heavy atom. The summed E-state index contributed by atoms with van der Waals surface area (Å²) in [4.78, 5) is 22.0. The summed E-state index contributed by atoms with van der Waals surface area (Å²) in [6.45, 7) is 20.0. The number of carbonyl (C=O) groups is 1. The molecule has 0 saturated carbocycles. The van der Waals surface area contributed by atoms with Crippen molar-refractivity contribution in [3.63, 3.8) is 0 Å². The van der Waals surface area contributed by atoms with Crippen molar-refractivity contribution in [1.82, 2.24) is 15.3 Å². The first-order valence-corrected chi connectivity index (χ1v) is 13.6. The van der Waals surface area contributed by atoms with E-state index in [-0.39, 0.29) is 11.4 Å². The molecule has 2 aromatic rings. The van der Waals surface area contributed by atoms with Gasteiger partial charge in [-0.2, -0.15) is 0 Å². The van der Waals surface area contributed by atoms with Crippen molar-refractivity contribution in [3.05, 3.63) is 53.5 Å². The van der Waals surface area contributed by atoms with E-state index < -0.39 is 8.07 Å². The highest BCUT2D eigenvalue weighted by molar-refractivity contribution is 6.88. The summed E-state index contributed by atoms with van der Waals surface area (Å²) < 4.78 is 0. The predicted molar refractivity (Wildman–Crippen MR) is 135 cm³/mol. The molecular formula is C26H39N3OSi. The van der Waals surface area contributed by atoms with Crippen molar-refractivity contribution in [2.45, 2.75) is 84.5 Å². The minimum atomic E-state index is -1.71. The van der Waals surface area contributed by atoms with Crippen LogP contribution in [-0.4, -0.2) is 29.5 Å². The van der Waals surface area contributed by atoms with Gasteiger partial charge in [0.1, 0.15) is 5.69 Å². The first-order valence-electron chi connectivity index (χ1n) is 11.3. The Kier molecular flexibility index (Phi) is 7.98. The summed E-state index contributed by atoms with van der Waals surface area (Å²) in [5.74, 6) is -0.171. The lowest BCUT2D eigenvalue weighted by molar-refractivity contribution is 0.0914. The maximum atomic E-state index is 12.7. The van der Waals surface area contributed by atoms with Crippen LogP contribution in [-0.2, 0) is 0 Å². The van der Waals surface area contributed by atoms with E-state index in [4.69, 9.17) is 4.98 Å².